The van der Waals surface area contributed by atoms with Crippen LogP contribution in [0.1, 0.15) is 15.4 Å². The Balaban J connectivity index is 1.55. The lowest BCUT2D eigenvalue weighted by atomic mass is 10.2. The number of amides is 1. The minimum Gasteiger partial charge on any atom is -0.296 e. The van der Waals surface area contributed by atoms with Gasteiger partial charge in [-0.2, -0.15) is 0 Å². The van der Waals surface area contributed by atoms with Gasteiger partial charge >= 0.3 is 0 Å². The van der Waals surface area contributed by atoms with Crippen molar-refractivity contribution in [1.82, 2.24) is 15.2 Å². The molecule has 4 rings (SSSR count). The molecule has 1 N–H and O–H groups in total. The van der Waals surface area contributed by atoms with E-state index in [4.69, 9.17) is 11.6 Å². The molecule has 9 heteroatoms. The number of nitrogens with one attached hydrogen (secondary N) is 1. The van der Waals surface area contributed by atoms with Gasteiger partial charge in [0, 0.05) is 5.56 Å². The van der Waals surface area contributed by atoms with Crippen molar-refractivity contribution in [1.29, 1.82) is 0 Å². The predicted molar refractivity (Wildman–Crippen MR) is 108 cm³/mol. The van der Waals surface area contributed by atoms with E-state index in [1.54, 1.807) is 17.4 Å². The highest BCUT2D eigenvalue weighted by molar-refractivity contribution is 7.22. The van der Waals surface area contributed by atoms with Gasteiger partial charge in [0.2, 0.25) is 5.13 Å². The Morgan fingerprint density at radius 2 is 1.92 bits per heavy atom. The molecule has 0 unspecified atom stereocenters. The Hall–Kier alpha value is -2.13. The number of thiophene rings is 1. The largest absolute Gasteiger partial charge is 0.296 e. The third kappa shape index (κ3) is 3.41. The van der Waals surface area contributed by atoms with Crippen LogP contribution in [0.4, 0.5) is 5.13 Å². The molecule has 3 aromatic heterocycles. The van der Waals surface area contributed by atoms with Crippen LogP contribution >= 0.6 is 45.6 Å². The summed E-state index contributed by atoms with van der Waals surface area (Å²) in [5.41, 5.74) is 1.49. The number of carbonyl (C=O) groups excluding carboxylic acids is 1. The molecular weight excluding hydrogens is 408 g/mol. The van der Waals surface area contributed by atoms with Crippen molar-refractivity contribution >= 4 is 56.7 Å². The highest BCUT2D eigenvalue weighted by Crippen LogP contribution is 2.33. The molecule has 1 amide bonds. The molecule has 0 aliphatic rings. The minimum absolute atomic E-state index is 0.232. The molecule has 5 nitrogen and oxygen atoms in total. The third-order valence-electron chi connectivity index (χ3n) is 3.48. The van der Waals surface area contributed by atoms with E-state index < -0.39 is 0 Å². The number of nitrogens with zero attached hydrogens (tertiary/aromatic N) is 3. The molecule has 0 radical (unpaired) electrons. The van der Waals surface area contributed by atoms with Crippen LogP contribution in [-0.4, -0.2) is 21.1 Å². The number of hydrogen-bond acceptors (Lipinski definition) is 7. The summed E-state index contributed by atoms with van der Waals surface area (Å²) in [6.07, 6.45) is 0. The number of rotatable bonds is 4. The average molecular weight is 419 g/mol. The molecule has 0 aliphatic heterocycles. The summed E-state index contributed by atoms with van der Waals surface area (Å²) in [6.45, 7) is 1.83. The lowest BCUT2D eigenvalue weighted by Gasteiger charge is -1.99. The van der Waals surface area contributed by atoms with E-state index in [0.717, 1.165) is 15.4 Å². The van der Waals surface area contributed by atoms with E-state index in [1.165, 1.54) is 22.7 Å². The van der Waals surface area contributed by atoms with Gasteiger partial charge in [0.15, 0.2) is 5.01 Å². The molecule has 130 valence electrons. The molecule has 0 atom stereocenters. The fourth-order valence-corrected chi connectivity index (χ4v) is 5.10. The molecule has 26 heavy (non-hydrogen) atoms. The van der Waals surface area contributed by atoms with Crippen LogP contribution in [0.2, 0.25) is 5.02 Å². The Kier molecular flexibility index (Phi) is 4.82. The number of aromatic nitrogens is 3. The number of carbonyl (C=O) groups is 1. The van der Waals surface area contributed by atoms with Crippen LogP contribution in [0, 0.1) is 6.92 Å². The molecule has 0 spiro atoms. The van der Waals surface area contributed by atoms with E-state index in [0.29, 0.717) is 25.7 Å². The van der Waals surface area contributed by atoms with Crippen molar-refractivity contribution < 1.29 is 4.79 Å². The molecular formula is C17H11ClN4OS3. The zero-order valence-electron chi connectivity index (χ0n) is 13.4. The van der Waals surface area contributed by atoms with Crippen LogP contribution in [0.3, 0.4) is 0 Å². The monoisotopic (exact) mass is 418 g/mol. The van der Waals surface area contributed by atoms with Gasteiger partial charge in [-0.25, -0.2) is 4.98 Å². The van der Waals surface area contributed by atoms with Crippen molar-refractivity contribution in [2.45, 2.75) is 6.92 Å². The number of hydrogen-bond donors (Lipinski definition) is 1. The summed E-state index contributed by atoms with van der Waals surface area (Å²) in [5, 5.41) is 15.5. The first-order chi connectivity index (χ1) is 12.6. The van der Waals surface area contributed by atoms with Crippen LogP contribution < -0.4 is 5.32 Å². The zero-order chi connectivity index (χ0) is 18.1. The first-order valence-electron chi connectivity index (χ1n) is 7.53. The molecule has 3 heterocycles. The molecule has 0 fully saturated rings. The maximum absolute atomic E-state index is 12.6. The summed E-state index contributed by atoms with van der Waals surface area (Å²) in [5.74, 6) is -0.232. The van der Waals surface area contributed by atoms with E-state index in [9.17, 15) is 4.79 Å². The van der Waals surface area contributed by atoms with Crippen LogP contribution in [0.5, 0.6) is 0 Å². The van der Waals surface area contributed by atoms with Gasteiger partial charge in [0.05, 0.1) is 15.6 Å². The number of thiazole rings is 1. The summed E-state index contributed by atoms with van der Waals surface area (Å²) < 4.78 is 0. The van der Waals surface area contributed by atoms with Crippen LogP contribution in [0.15, 0.2) is 41.8 Å². The van der Waals surface area contributed by atoms with Crippen molar-refractivity contribution in [3.05, 3.63) is 57.4 Å². The Bertz CT molecular complexity index is 1070. The van der Waals surface area contributed by atoms with E-state index in [1.807, 2.05) is 42.6 Å². The van der Waals surface area contributed by atoms with E-state index in [2.05, 4.69) is 20.5 Å². The Morgan fingerprint density at radius 3 is 2.69 bits per heavy atom. The van der Waals surface area contributed by atoms with Crippen molar-refractivity contribution in [2.75, 3.05) is 5.32 Å². The maximum Gasteiger partial charge on any atom is 0.269 e. The molecule has 1 aromatic carbocycles. The SMILES string of the molecule is Cc1nc(-c2cccs2)sc1C(=O)Nc1nnc(-c2ccccc2Cl)s1. The summed E-state index contributed by atoms with van der Waals surface area (Å²) in [6, 6.07) is 11.4. The molecule has 0 saturated carbocycles. The van der Waals surface area contributed by atoms with Gasteiger partial charge < -0.3 is 0 Å². The first kappa shape index (κ1) is 17.3. The smallest absolute Gasteiger partial charge is 0.269 e. The summed E-state index contributed by atoms with van der Waals surface area (Å²) in [7, 11) is 0. The fourth-order valence-electron chi connectivity index (χ4n) is 2.28. The second-order valence-electron chi connectivity index (χ2n) is 5.26. The standard InChI is InChI=1S/C17H11ClN4OS3/c1-9-13(25-16(19-9)12-7-4-8-24-12)14(23)20-17-22-21-15(26-17)10-5-2-3-6-11(10)18/h2-8H,1H3,(H,20,22,23). The molecule has 4 aromatic rings. The number of benzene rings is 1. The lowest BCUT2D eigenvalue weighted by molar-refractivity contribution is 0.102. The maximum atomic E-state index is 12.6. The van der Waals surface area contributed by atoms with Gasteiger partial charge in [0.25, 0.3) is 5.91 Å². The number of aryl methyl sites for hydroxylation is 1. The summed E-state index contributed by atoms with van der Waals surface area (Å²) >= 11 is 10.4. The van der Waals surface area contributed by atoms with E-state index in [-0.39, 0.29) is 5.91 Å². The lowest BCUT2D eigenvalue weighted by Crippen LogP contribution is -2.11. The average Bonchev–Trinajstić information content (AvgIpc) is 3.35. The van der Waals surface area contributed by atoms with Gasteiger partial charge in [-0.05, 0) is 24.4 Å². The first-order valence-corrected chi connectivity index (χ1v) is 10.4. The van der Waals surface area contributed by atoms with Gasteiger partial charge in [-0.15, -0.1) is 32.9 Å². The van der Waals surface area contributed by atoms with Gasteiger partial charge in [-0.3, -0.25) is 10.1 Å². The topological polar surface area (TPSA) is 67.8 Å². The zero-order valence-corrected chi connectivity index (χ0v) is 16.6. The minimum atomic E-state index is -0.232. The van der Waals surface area contributed by atoms with Gasteiger partial charge in [0.1, 0.15) is 9.88 Å². The number of halogens is 1. The normalized spacial score (nSPS) is 10.8. The van der Waals surface area contributed by atoms with Crippen molar-refractivity contribution in [3.8, 4) is 20.5 Å². The molecule has 0 aliphatic carbocycles. The molecule has 0 saturated heterocycles. The van der Waals surface area contributed by atoms with Crippen LogP contribution in [0.25, 0.3) is 20.5 Å². The second-order valence-corrected chi connectivity index (χ2v) is 8.59. The highest BCUT2D eigenvalue weighted by Gasteiger charge is 2.19. The number of anilines is 1. The van der Waals surface area contributed by atoms with Crippen molar-refractivity contribution in [3.63, 3.8) is 0 Å². The Morgan fingerprint density at radius 1 is 1.08 bits per heavy atom. The Labute approximate surface area is 166 Å². The highest BCUT2D eigenvalue weighted by atomic mass is 35.5. The summed E-state index contributed by atoms with van der Waals surface area (Å²) in [4.78, 5) is 18.7. The van der Waals surface area contributed by atoms with Crippen molar-refractivity contribution in [2.24, 2.45) is 0 Å². The fraction of sp³-hybridized carbons (Fsp3) is 0.0588. The predicted octanol–water partition coefficient (Wildman–Crippen LogP) is 5.60. The quantitative estimate of drug-likeness (QED) is 0.468. The van der Waals surface area contributed by atoms with E-state index >= 15 is 0 Å². The van der Waals surface area contributed by atoms with Gasteiger partial charge in [-0.1, -0.05) is 47.2 Å². The second kappa shape index (κ2) is 7.24. The van der Waals surface area contributed by atoms with Crippen LogP contribution in [-0.2, 0) is 0 Å². The molecule has 0 bridgehead atoms. The third-order valence-corrected chi connectivity index (χ3v) is 6.88.